The standard InChI is InChI=1S/C16H17N3O3/c1-11(18-16(20)19-15-4-2-3-7-17-15)12-5-6-13-14(10-12)22-9-8-21-13/h2-7,10-11H,8-9H2,1H3,(H2,17,18,19,20). The number of anilines is 1. The zero-order chi connectivity index (χ0) is 15.4. The summed E-state index contributed by atoms with van der Waals surface area (Å²) in [4.78, 5) is 16.0. The molecule has 2 heterocycles. The van der Waals surface area contributed by atoms with Crippen LogP contribution in [-0.2, 0) is 0 Å². The molecule has 2 N–H and O–H groups in total. The Labute approximate surface area is 128 Å². The van der Waals surface area contributed by atoms with E-state index >= 15 is 0 Å². The molecule has 0 saturated heterocycles. The molecule has 6 nitrogen and oxygen atoms in total. The topological polar surface area (TPSA) is 72.5 Å². The molecule has 1 aromatic carbocycles. The maximum Gasteiger partial charge on any atom is 0.320 e. The number of amides is 2. The van der Waals surface area contributed by atoms with Crippen LogP contribution < -0.4 is 20.1 Å². The Kier molecular flexibility index (Phi) is 4.09. The van der Waals surface area contributed by atoms with Crippen molar-refractivity contribution in [2.24, 2.45) is 0 Å². The number of carbonyl (C=O) groups is 1. The predicted octanol–water partition coefficient (Wildman–Crippen LogP) is 2.74. The number of urea groups is 1. The van der Waals surface area contributed by atoms with Gasteiger partial charge in [-0.3, -0.25) is 5.32 Å². The Morgan fingerprint density at radius 2 is 2.00 bits per heavy atom. The fraction of sp³-hybridized carbons (Fsp3) is 0.250. The first-order chi connectivity index (χ1) is 10.7. The number of hydrogen-bond donors (Lipinski definition) is 2. The van der Waals surface area contributed by atoms with Crippen LogP contribution in [0.15, 0.2) is 42.6 Å². The molecular weight excluding hydrogens is 282 g/mol. The summed E-state index contributed by atoms with van der Waals surface area (Å²) in [6, 6.07) is 10.5. The van der Waals surface area contributed by atoms with Gasteiger partial charge in [0.2, 0.25) is 0 Å². The monoisotopic (exact) mass is 299 g/mol. The van der Waals surface area contributed by atoms with Gasteiger partial charge >= 0.3 is 6.03 Å². The molecule has 1 unspecified atom stereocenters. The summed E-state index contributed by atoms with van der Waals surface area (Å²) in [6.07, 6.45) is 1.62. The fourth-order valence-electron chi connectivity index (χ4n) is 2.20. The Balaban J connectivity index is 1.64. The largest absolute Gasteiger partial charge is 0.486 e. The molecule has 0 aliphatic carbocycles. The summed E-state index contributed by atoms with van der Waals surface area (Å²) >= 11 is 0. The molecule has 22 heavy (non-hydrogen) atoms. The van der Waals surface area contributed by atoms with Gasteiger partial charge in [-0.1, -0.05) is 12.1 Å². The van der Waals surface area contributed by atoms with Gasteiger partial charge in [0.15, 0.2) is 11.5 Å². The van der Waals surface area contributed by atoms with Crippen LogP contribution in [-0.4, -0.2) is 24.2 Å². The summed E-state index contributed by atoms with van der Waals surface area (Å²) in [5.74, 6) is 1.96. The van der Waals surface area contributed by atoms with E-state index in [4.69, 9.17) is 9.47 Å². The first-order valence-corrected chi connectivity index (χ1v) is 7.10. The quantitative estimate of drug-likeness (QED) is 0.914. The summed E-state index contributed by atoms with van der Waals surface area (Å²) in [7, 11) is 0. The average Bonchev–Trinajstić information content (AvgIpc) is 2.55. The Hall–Kier alpha value is -2.76. The molecule has 0 spiro atoms. The van der Waals surface area contributed by atoms with Gasteiger partial charge in [-0.25, -0.2) is 9.78 Å². The molecular formula is C16H17N3O3. The third kappa shape index (κ3) is 3.28. The maximum absolute atomic E-state index is 12.0. The maximum atomic E-state index is 12.0. The van der Waals surface area contributed by atoms with Crippen LogP contribution in [0.1, 0.15) is 18.5 Å². The average molecular weight is 299 g/mol. The molecule has 6 heteroatoms. The number of rotatable bonds is 3. The van der Waals surface area contributed by atoms with Crippen LogP contribution in [0, 0.1) is 0 Å². The van der Waals surface area contributed by atoms with Gasteiger partial charge < -0.3 is 14.8 Å². The van der Waals surface area contributed by atoms with Crippen molar-refractivity contribution in [3.05, 3.63) is 48.2 Å². The van der Waals surface area contributed by atoms with Crippen molar-refractivity contribution in [2.45, 2.75) is 13.0 Å². The van der Waals surface area contributed by atoms with E-state index in [0.717, 1.165) is 11.3 Å². The fourth-order valence-corrected chi connectivity index (χ4v) is 2.20. The summed E-state index contributed by atoms with van der Waals surface area (Å²) in [5.41, 5.74) is 0.945. The lowest BCUT2D eigenvalue weighted by molar-refractivity contribution is 0.171. The van der Waals surface area contributed by atoms with Gasteiger partial charge in [0.1, 0.15) is 19.0 Å². The van der Waals surface area contributed by atoms with Crippen molar-refractivity contribution < 1.29 is 14.3 Å². The van der Waals surface area contributed by atoms with Crippen molar-refractivity contribution >= 4 is 11.8 Å². The Morgan fingerprint density at radius 3 is 2.77 bits per heavy atom. The highest BCUT2D eigenvalue weighted by Crippen LogP contribution is 2.32. The van der Waals surface area contributed by atoms with E-state index in [1.807, 2.05) is 31.2 Å². The molecule has 114 valence electrons. The van der Waals surface area contributed by atoms with Gasteiger partial charge in [-0.15, -0.1) is 0 Å². The zero-order valence-electron chi connectivity index (χ0n) is 12.2. The van der Waals surface area contributed by atoms with Crippen molar-refractivity contribution in [1.82, 2.24) is 10.3 Å². The van der Waals surface area contributed by atoms with Gasteiger partial charge in [0, 0.05) is 6.20 Å². The van der Waals surface area contributed by atoms with E-state index < -0.39 is 0 Å². The molecule has 0 radical (unpaired) electrons. The second-order valence-corrected chi connectivity index (χ2v) is 4.94. The molecule has 1 aliphatic heterocycles. The first kappa shape index (κ1) is 14.2. The molecule has 0 saturated carbocycles. The highest BCUT2D eigenvalue weighted by atomic mass is 16.6. The number of fused-ring (bicyclic) bond motifs is 1. The number of hydrogen-bond acceptors (Lipinski definition) is 4. The molecule has 0 bridgehead atoms. The van der Waals surface area contributed by atoms with Crippen LogP contribution in [0.3, 0.4) is 0 Å². The van der Waals surface area contributed by atoms with E-state index in [9.17, 15) is 4.79 Å². The minimum Gasteiger partial charge on any atom is -0.486 e. The van der Waals surface area contributed by atoms with E-state index in [2.05, 4.69) is 15.6 Å². The smallest absolute Gasteiger partial charge is 0.320 e. The predicted molar refractivity (Wildman–Crippen MR) is 82.2 cm³/mol. The highest BCUT2D eigenvalue weighted by Gasteiger charge is 2.15. The van der Waals surface area contributed by atoms with E-state index in [1.54, 1.807) is 18.3 Å². The molecule has 1 atom stereocenters. The number of carbonyl (C=O) groups excluding carboxylic acids is 1. The lowest BCUT2D eigenvalue weighted by Gasteiger charge is -2.21. The van der Waals surface area contributed by atoms with Crippen molar-refractivity contribution in [2.75, 3.05) is 18.5 Å². The van der Waals surface area contributed by atoms with Gasteiger partial charge in [0.05, 0.1) is 6.04 Å². The van der Waals surface area contributed by atoms with Gasteiger partial charge in [-0.2, -0.15) is 0 Å². The second-order valence-electron chi connectivity index (χ2n) is 4.94. The molecule has 1 aromatic heterocycles. The number of nitrogens with zero attached hydrogens (tertiary/aromatic N) is 1. The lowest BCUT2D eigenvalue weighted by atomic mass is 10.1. The van der Waals surface area contributed by atoms with E-state index in [1.165, 1.54) is 0 Å². The Morgan fingerprint density at radius 1 is 1.18 bits per heavy atom. The molecule has 1 aliphatic rings. The highest BCUT2D eigenvalue weighted by molar-refractivity contribution is 5.88. The number of pyridine rings is 1. The number of ether oxygens (including phenoxy) is 2. The first-order valence-electron chi connectivity index (χ1n) is 7.10. The lowest BCUT2D eigenvalue weighted by Crippen LogP contribution is -2.31. The minimum atomic E-state index is -0.305. The Bertz CT molecular complexity index is 661. The van der Waals surface area contributed by atoms with Crippen LogP contribution in [0.4, 0.5) is 10.6 Å². The summed E-state index contributed by atoms with van der Waals surface area (Å²) < 4.78 is 11.0. The van der Waals surface area contributed by atoms with Crippen LogP contribution >= 0.6 is 0 Å². The van der Waals surface area contributed by atoms with E-state index in [-0.39, 0.29) is 12.1 Å². The summed E-state index contributed by atoms with van der Waals surface area (Å²) in [5, 5.41) is 5.55. The van der Waals surface area contributed by atoms with Crippen LogP contribution in [0.25, 0.3) is 0 Å². The third-order valence-corrected chi connectivity index (χ3v) is 3.32. The van der Waals surface area contributed by atoms with Crippen molar-refractivity contribution in [3.63, 3.8) is 0 Å². The third-order valence-electron chi connectivity index (χ3n) is 3.32. The number of aromatic nitrogens is 1. The summed E-state index contributed by atoms with van der Waals surface area (Å²) in [6.45, 7) is 3.01. The van der Waals surface area contributed by atoms with Gasteiger partial charge in [0.25, 0.3) is 0 Å². The zero-order valence-corrected chi connectivity index (χ0v) is 12.2. The van der Waals surface area contributed by atoms with Gasteiger partial charge in [-0.05, 0) is 36.8 Å². The van der Waals surface area contributed by atoms with Crippen LogP contribution in [0.5, 0.6) is 11.5 Å². The van der Waals surface area contributed by atoms with Crippen molar-refractivity contribution in [3.8, 4) is 11.5 Å². The molecule has 2 aromatic rings. The molecule has 3 rings (SSSR count). The SMILES string of the molecule is CC(NC(=O)Nc1ccccn1)c1ccc2c(c1)OCCO2. The van der Waals surface area contributed by atoms with Crippen molar-refractivity contribution in [1.29, 1.82) is 0 Å². The number of nitrogens with one attached hydrogen (secondary N) is 2. The normalized spacial score (nSPS) is 14.0. The minimum absolute atomic E-state index is 0.167. The molecule has 0 fully saturated rings. The van der Waals surface area contributed by atoms with Crippen LogP contribution in [0.2, 0.25) is 0 Å². The second kappa shape index (κ2) is 6.34. The van der Waals surface area contributed by atoms with E-state index in [0.29, 0.717) is 24.8 Å². The molecule has 2 amide bonds. The number of benzene rings is 1.